The molecule has 0 aliphatic carbocycles. The van der Waals surface area contributed by atoms with Crippen LogP contribution in [0.4, 0.5) is 16.2 Å². The first-order valence-corrected chi connectivity index (χ1v) is 10.5. The van der Waals surface area contributed by atoms with Crippen molar-refractivity contribution in [2.45, 2.75) is 13.1 Å². The van der Waals surface area contributed by atoms with Gasteiger partial charge in [-0.3, -0.25) is 9.80 Å². The molecule has 1 fully saturated rings. The van der Waals surface area contributed by atoms with E-state index < -0.39 is 0 Å². The Morgan fingerprint density at radius 2 is 1.61 bits per heavy atom. The van der Waals surface area contributed by atoms with Crippen molar-refractivity contribution < 1.29 is 13.9 Å². The fraction of sp³-hybridized carbons (Fsp3) is 0.292. The highest BCUT2D eigenvalue weighted by atomic mass is 16.5. The normalized spacial score (nSPS) is 14.9. The average Bonchev–Trinajstić information content (AvgIpc) is 3.30. The Bertz CT molecular complexity index is 965. The third-order valence-electron chi connectivity index (χ3n) is 5.40. The zero-order chi connectivity index (χ0) is 21.5. The van der Waals surface area contributed by atoms with E-state index >= 15 is 0 Å². The summed E-state index contributed by atoms with van der Waals surface area (Å²) in [5.74, 6) is 1.64. The Labute approximate surface area is 182 Å². The van der Waals surface area contributed by atoms with Gasteiger partial charge >= 0.3 is 6.03 Å². The van der Waals surface area contributed by atoms with Crippen molar-refractivity contribution in [3.63, 3.8) is 0 Å². The van der Waals surface area contributed by atoms with Crippen LogP contribution in [0.1, 0.15) is 11.3 Å². The lowest BCUT2D eigenvalue weighted by molar-refractivity contribution is 0.116. The summed E-state index contributed by atoms with van der Waals surface area (Å²) >= 11 is 0. The van der Waals surface area contributed by atoms with Crippen molar-refractivity contribution in [3.05, 3.63) is 78.3 Å². The van der Waals surface area contributed by atoms with Crippen molar-refractivity contribution in [3.8, 4) is 5.75 Å². The molecule has 0 spiro atoms. The first-order chi connectivity index (χ1) is 15.2. The van der Waals surface area contributed by atoms with E-state index in [9.17, 15) is 4.79 Å². The molecule has 7 heteroatoms. The van der Waals surface area contributed by atoms with E-state index in [1.165, 1.54) is 5.56 Å². The highest BCUT2D eigenvalue weighted by Crippen LogP contribution is 2.23. The number of carbonyl (C=O) groups excluding carboxylic acids is 1. The van der Waals surface area contributed by atoms with Gasteiger partial charge < -0.3 is 19.8 Å². The average molecular weight is 421 g/mol. The van der Waals surface area contributed by atoms with Crippen LogP contribution in [0.3, 0.4) is 0 Å². The zero-order valence-electron chi connectivity index (χ0n) is 17.7. The van der Waals surface area contributed by atoms with Crippen LogP contribution < -0.4 is 15.4 Å². The van der Waals surface area contributed by atoms with Crippen LogP contribution in [0, 0.1) is 0 Å². The molecule has 2 amide bonds. The number of rotatable bonds is 7. The van der Waals surface area contributed by atoms with Gasteiger partial charge in [0.15, 0.2) is 0 Å². The summed E-state index contributed by atoms with van der Waals surface area (Å²) in [5.41, 5.74) is 2.61. The third kappa shape index (κ3) is 5.87. The molecule has 31 heavy (non-hydrogen) atoms. The molecule has 0 unspecified atom stereocenters. The molecule has 0 radical (unpaired) electrons. The summed E-state index contributed by atoms with van der Waals surface area (Å²) < 4.78 is 10.7. The van der Waals surface area contributed by atoms with Gasteiger partial charge in [-0.05, 0) is 42.0 Å². The minimum Gasteiger partial charge on any atom is -0.495 e. The van der Waals surface area contributed by atoms with Crippen LogP contribution in [0.2, 0.25) is 0 Å². The second kappa shape index (κ2) is 10.1. The molecule has 3 aromatic rings. The maximum atomic E-state index is 12.3. The number of anilines is 2. The van der Waals surface area contributed by atoms with Crippen LogP contribution in [-0.2, 0) is 13.1 Å². The van der Waals surface area contributed by atoms with Crippen molar-refractivity contribution in [2.24, 2.45) is 0 Å². The summed E-state index contributed by atoms with van der Waals surface area (Å²) in [6.07, 6.45) is 1.73. The van der Waals surface area contributed by atoms with Gasteiger partial charge in [-0.15, -0.1) is 0 Å². The van der Waals surface area contributed by atoms with E-state index in [1.54, 1.807) is 25.5 Å². The molecule has 2 aromatic carbocycles. The Morgan fingerprint density at radius 1 is 0.903 bits per heavy atom. The number of para-hydroxylation sites is 2. The van der Waals surface area contributed by atoms with Gasteiger partial charge in [0, 0.05) is 38.4 Å². The molecule has 1 aromatic heterocycles. The number of hydrogen-bond acceptors (Lipinski definition) is 5. The molecule has 0 atom stereocenters. The quantitative estimate of drug-likeness (QED) is 0.598. The molecule has 0 saturated carbocycles. The summed E-state index contributed by atoms with van der Waals surface area (Å²) in [7, 11) is 1.58. The molecule has 7 nitrogen and oxygen atoms in total. The second-order valence-corrected chi connectivity index (χ2v) is 7.61. The first kappa shape index (κ1) is 21.0. The van der Waals surface area contributed by atoms with E-state index in [1.807, 2.05) is 36.4 Å². The van der Waals surface area contributed by atoms with Gasteiger partial charge in [0.2, 0.25) is 0 Å². The number of piperazine rings is 1. The number of hydrogen-bond donors (Lipinski definition) is 2. The highest BCUT2D eigenvalue weighted by Gasteiger charge is 2.18. The summed E-state index contributed by atoms with van der Waals surface area (Å²) in [4.78, 5) is 17.2. The van der Waals surface area contributed by atoms with E-state index in [2.05, 4.69) is 32.6 Å². The van der Waals surface area contributed by atoms with Crippen LogP contribution in [-0.4, -0.2) is 49.1 Å². The Balaban J connectivity index is 1.23. The summed E-state index contributed by atoms with van der Waals surface area (Å²) in [6.45, 7) is 5.90. The molecule has 4 rings (SSSR count). The minimum atomic E-state index is -0.301. The monoisotopic (exact) mass is 420 g/mol. The number of ether oxygens (including phenoxy) is 1. The van der Waals surface area contributed by atoms with Crippen LogP contribution >= 0.6 is 0 Å². The number of benzene rings is 2. The first-order valence-electron chi connectivity index (χ1n) is 10.5. The Hall–Kier alpha value is -3.29. The SMILES string of the molecule is COc1ccccc1NC(=O)Nc1ccc(CN2CCN(Cc3ccco3)CC2)cc1. The highest BCUT2D eigenvalue weighted by molar-refractivity contribution is 6.00. The van der Waals surface area contributed by atoms with Crippen LogP contribution in [0.5, 0.6) is 5.75 Å². The van der Waals surface area contributed by atoms with Gasteiger partial charge in [0.05, 0.1) is 25.6 Å². The minimum absolute atomic E-state index is 0.301. The van der Waals surface area contributed by atoms with Gasteiger partial charge in [0.1, 0.15) is 11.5 Å². The zero-order valence-corrected chi connectivity index (χ0v) is 17.7. The molecule has 2 N–H and O–H groups in total. The van der Waals surface area contributed by atoms with Gasteiger partial charge in [-0.1, -0.05) is 24.3 Å². The number of urea groups is 1. The van der Waals surface area contributed by atoms with Crippen molar-refractivity contribution in [2.75, 3.05) is 43.9 Å². The van der Waals surface area contributed by atoms with E-state index in [4.69, 9.17) is 9.15 Å². The lowest BCUT2D eigenvalue weighted by Crippen LogP contribution is -2.45. The number of methoxy groups -OCH3 is 1. The van der Waals surface area contributed by atoms with Gasteiger partial charge in [-0.25, -0.2) is 4.79 Å². The number of furan rings is 1. The number of carbonyl (C=O) groups is 1. The molecule has 1 aliphatic heterocycles. The van der Waals surface area contributed by atoms with E-state index in [0.717, 1.165) is 50.7 Å². The van der Waals surface area contributed by atoms with Gasteiger partial charge in [-0.2, -0.15) is 0 Å². The molecule has 0 bridgehead atoms. The maximum absolute atomic E-state index is 12.3. The standard InChI is InChI=1S/C24H28N4O3/c1-30-23-7-3-2-6-22(23)26-24(29)25-20-10-8-19(9-11-20)17-27-12-14-28(15-13-27)18-21-5-4-16-31-21/h2-11,16H,12-15,17-18H2,1H3,(H2,25,26,29). The number of nitrogens with zero attached hydrogens (tertiary/aromatic N) is 2. The Kier molecular flexibility index (Phi) is 6.86. The molecule has 162 valence electrons. The predicted octanol–water partition coefficient (Wildman–Crippen LogP) is 4.25. The lowest BCUT2D eigenvalue weighted by Gasteiger charge is -2.34. The molecule has 2 heterocycles. The van der Waals surface area contributed by atoms with Crippen LogP contribution in [0.25, 0.3) is 0 Å². The van der Waals surface area contributed by atoms with Crippen LogP contribution in [0.15, 0.2) is 71.3 Å². The molecular weight excluding hydrogens is 392 g/mol. The maximum Gasteiger partial charge on any atom is 0.323 e. The van der Waals surface area contributed by atoms with E-state index in [-0.39, 0.29) is 6.03 Å². The van der Waals surface area contributed by atoms with E-state index in [0.29, 0.717) is 11.4 Å². The summed E-state index contributed by atoms with van der Waals surface area (Å²) in [6, 6.07) is 19.0. The number of amides is 2. The molecule has 1 saturated heterocycles. The van der Waals surface area contributed by atoms with Crippen molar-refractivity contribution in [1.82, 2.24) is 9.80 Å². The van der Waals surface area contributed by atoms with Gasteiger partial charge in [0.25, 0.3) is 0 Å². The molecular formula is C24H28N4O3. The third-order valence-corrected chi connectivity index (χ3v) is 5.40. The van der Waals surface area contributed by atoms with Crippen molar-refractivity contribution in [1.29, 1.82) is 0 Å². The second-order valence-electron chi connectivity index (χ2n) is 7.61. The Morgan fingerprint density at radius 3 is 2.29 bits per heavy atom. The fourth-order valence-electron chi connectivity index (χ4n) is 3.71. The lowest BCUT2D eigenvalue weighted by atomic mass is 10.1. The molecule has 1 aliphatic rings. The number of nitrogens with one attached hydrogen (secondary N) is 2. The smallest absolute Gasteiger partial charge is 0.323 e. The topological polar surface area (TPSA) is 70.0 Å². The summed E-state index contributed by atoms with van der Waals surface area (Å²) in [5, 5.41) is 5.68. The predicted molar refractivity (Wildman–Crippen MR) is 121 cm³/mol. The largest absolute Gasteiger partial charge is 0.495 e. The van der Waals surface area contributed by atoms with Crippen molar-refractivity contribution >= 4 is 17.4 Å². The fourth-order valence-corrected chi connectivity index (χ4v) is 3.71.